The van der Waals surface area contributed by atoms with Crippen LogP contribution in [-0.2, 0) is 13.5 Å². The van der Waals surface area contributed by atoms with Crippen LogP contribution >= 0.6 is 0 Å². The minimum absolute atomic E-state index is 0.113. The number of nitrogens with one attached hydrogen (secondary N) is 2. The van der Waals surface area contributed by atoms with Crippen LogP contribution < -0.4 is 10.6 Å². The van der Waals surface area contributed by atoms with Crippen LogP contribution in [0.1, 0.15) is 23.8 Å². The van der Waals surface area contributed by atoms with Gasteiger partial charge >= 0.3 is 6.03 Å². The molecule has 2 rings (SSSR count). The highest BCUT2D eigenvalue weighted by Gasteiger charge is 2.11. The summed E-state index contributed by atoms with van der Waals surface area (Å²) in [6.45, 7) is 0.680. The normalized spacial score (nSPS) is 12.1. The first-order valence-electron chi connectivity index (χ1n) is 6.86. The summed E-state index contributed by atoms with van der Waals surface area (Å²) in [7, 11) is 1.87. The highest BCUT2D eigenvalue weighted by atomic mass is 16.4. The molecule has 0 bridgehead atoms. The van der Waals surface area contributed by atoms with Crippen molar-refractivity contribution in [1.29, 1.82) is 0 Å². The van der Waals surface area contributed by atoms with Crippen LogP contribution in [0.25, 0.3) is 0 Å². The lowest BCUT2D eigenvalue weighted by molar-refractivity contribution is 0.148. The first kappa shape index (κ1) is 15.1. The molecule has 2 amide bonds. The highest BCUT2D eigenvalue weighted by Crippen LogP contribution is 2.11. The number of hydrogen-bond donors (Lipinski definition) is 3. The monoisotopic (exact) mass is 292 g/mol. The Bertz CT molecular complexity index is 550. The number of aryl methyl sites for hydroxylation is 2. The van der Waals surface area contributed by atoms with Crippen LogP contribution in [0.5, 0.6) is 0 Å². The van der Waals surface area contributed by atoms with Gasteiger partial charge in [-0.3, -0.25) is 4.68 Å². The molecule has 1 unspecified atom stereocenters. The summed E-state index contributed by atoms with van der Waals surface area (Å²) in [6.07, 6.45) is 6.13. The first-order chi connectivity index (χ1) is 10.1. The number of nitrogens with zero attached hydrogens (tertiary/aromatic N) is 2. The summed E-state index contributed by atoms with van der Waals surface area (Å²) in [5.41, 5.74) is 1.15. The minimum atomic E-state index is -0.832. The second-order valence-electron chi connectivity index (χ2n) is 4.79. The van der Waals surface area contributed by atoms with Crippen LogP contribution in [0.15, 0.2) is 35.2 Å². The predicted molar refractivity (Wildman–Crippen MR) is 76.6 cm³/mol. The zero-order valence-corrected chi connectivity index (χ0v) is 12.0. The van der Waals surface area contributed by atoms with Crippen LogP contribution in [0.3, 0.4) is 0 Å². The molecule has 2 aromatic rings. The number of aliphatic hydroxyl groups excluding tert-OH is 1. The fourth-order valence-corrected chi connectivity index (χ4v) is 1.93. The molecule has 1 atom stereocenters. The Balaban J connectivity index is 1.57. The average molecular weight is 292 g/mol. The van der Waals surface area contributed by atoms with Crippen molar-refractivity contribution >= 4 is 6.03 Å². The van der Waals surface area contributed by atoms with Gasteiger partial charge in [-0.1, -0.05) is 0 Å². The largest absolute Gasteiger partial charge is 0.467 e. The molecular formula is C14H20N4O3. The molecule has 7 nitrogen and oxygen atoms in total. The van der Waals surface area contributed by atoms with Crippen LogP contribution in [0, 0.1) is 0 Å². The summed E-state index contributed by atoms with van der Waals surface area (Å²) < 4.78 is 6.80. The molecule has 7 heteroatoms. The number of aromatic nitrogens is 2. The van der Waals surface area contributed by atoms with E-state index in [0.717, 1.165) is 18.4 Å². The maximum atomic E-state index is 11.6. The van der Waals surface area contributed by atoms with Gasteiger partial charge in [0.15, 0.2) is 0 Å². The van der Waals surface area contributed by atoms with Crippen LogP contribution in [0.4, 0.5) is 4.79 Å². The average Bonchev–Trinajstić information content (AvgIpc) is 3.12. The number of rotatable bonds is 7. The third-order valence-electron chi connectivity index (χ3n) is 3.01. The number of amides is 2. The van der Waals surface area contributed by atoms with E-state index in [2.05, 4.69) is 15.7 Å². The molecule has 0 aliphatic carbocycles. The van der Waals surface area contributed by atoms with Crippen molar-refractivity contribution in [3.05, 3.63) is 42.1 Å². The quantitative estimate of drug-likeness (QED) is 0.663. The van der Waals surface area contributed by atoms with E-state index in [0.29, 0.717) is 12.3 Å². The van der Waals surface area contributed by atoms with Gasteiger partial charge in [-0.25, -0.2) is 4.79 Å². The van der Waals surface area contributed by atoms with E-state index in [1.807, 2.05) is 19.4 Å². The van der Waals surface area contributed by atoms with E-state index in [9.17, 15) is 9.90 Å². The molecule has 0 saturated heterocycles. The van der Waals surface area contributed by atoms with E-state index < -0.39 is 6.10 Å². The molecule has 0 fully saturated rings. The summed E-state index contributed by atoms with van der Waals surface area (Å²) in [6, 6.07) is 3.06. The second kappa shape index (κ2) is 7.49. The lowest BCUT2D eigenvalue weighted by atomic mass is 10.2. The zero-order valence-electron chi connectivity index (χ0n) is 12.0. The summed E-state index contributed by atoms with van der Waals surface area (Å²) >= 11 is 0. The predicted octanol–water partition coefficient (Wildman–Crippen LogP) is 0.978. The Labute approximate surface area is 123 Å². The summed E-state index contributed by atoms with van der Waals surface area (Å²) in [5.74, 6) is 0.437. The molecule has 0 radical (unpaired) electrons. The molecule has 0 spiro atoms. The number of carbonyl (C=O) groups is 1. The van der Waals surface area contributed by atoms with Gasteiger partial charge in [0.1, 0.15) is 11.9 Å². The highest BCUT2D eigenvalue weighted by molar-refractivity contribution is 5.73. The van der Waals surface area contributed by atoms with E-state index in [1.54, 1.807) is 16.8 Å². The Morgan fingerprint density at radius 1 is 1.52 bits per heavy atom. The van der Waals surface area contributed by atoms with Gasteiger partial charge in [0.25, 0.3) is 0 Å². The Morgan fingerprint density at radius 2 is 2.38 bits per heavy atom. The molecule has 21 heavy (non-hydrogen) atoms. The van der Waals surface area contributed by atoms with E-state index in [-0.39, 0.29) is 12.6 Å². The van der Waals surface area contributed by atoms with E-state index in [1.165, 1.54) is 6.26 Å². The van der Waals surface area contributed by atoms with Crippen LogP contribution in [-0.4, -0.2) is 34.0 Å². The SMILES string of the molecule is Cn1cc(CCCNC(=O)NCC(O)c2ccco2)cn1. The van der Waals surface area contributed by atoms with E-state index in [4.69, 9.17) is 4.42 Å². The minimum Gasteiger partial charge on any atom is -0.467 e. The summed E-state index contributed by atoms with van der Waals surface area (Å²) in [5, 5.41) is 19.2. The topological polar surface area (TPSA) is 92.3 Å². The number of furan rings is 1. The zero-order chi connectivity index (χ0) is 15.1. The number of hydrogen-bond acceptors (Lipinski definition) is 4. The lowest BCUT2D eigenvalue weighted by Gasteiger charge is -2.10. The van der Waals surface area contributed by atoms with Crippen molar-refractivity contribution in [3.8, 4) is 0 Å². The maximum absolute atomic E-state index is 11.6. The van der Waals surface area contributed by atoms with Crippen LogP contribution in [0.2, 0.25) is 0 Å². The number of urea groups is 1. The van der Waals surface area contributed by atoms with Crippen molar-refractivity contribution in [1.82, 2.24) is 20.4 Å². The van der Waals surface area contributed by atoms with Crippen molar-refractivity contribution in [2.24, 2.45) is 7.05 Å². The van der Waals surface area contributed by atoms with Gasteiger partial charge in [0.2, 0.25) is 0 Å². The van der Waals surface area contributed by atoms with Crippen molar-refractivity contribution < 1.29 is 14.3 Å². The van der Waals surface area contributed by atoms with E-state index >= 15 is 0 Å². The van der Waals surface area contributed by atoms with Gasteiger partial charge in [0, 0.05) is 19.8 Å². The molecule has 2 heterocycles. The number of aliphatic hydroxyl groups is 1. The molecule has 2 aromatic heterocycles. The lowest BCUT2D eigenvalue weighted by Crippen LogP contribution is -2.38. The molecule has 3 N–H and O–H groups in total. The molecule has 0 aromatic carbocycles. The van der Waals surface area contributed by atoms with Gasteiger partial charge < -0.3 is 20.2 Å². The van der Waals surface area contributed by atoms with Crippen molar-refractivity contribution in [2.45, 2.75) is 18.9 Å². The molecule has 0 aliphatic heterocycles. The maximum Gasteiger partial charge on any atom is 0.314 e. The number of carbonyl (C=O) groups excluding carboxylic acids is 1. The Kier molecular flexibility index (Phi) is 5.39. The van der Waals surface area contributed by atoms with Gasteiger partial charge in [0.05, 0.1) is 19.0 Å². The summed E-state index contributed by atoms with van der Waals surface area (Å²) in [4.78, 5) is 11.6. The molecule has 114 valence electrons. The Hall–Kier alpha value is -2.28. The van der Waals surface area contributed by atoms with Gasteiger partial charge in [-0.05, 0) is 30.5 Å². The molecule has 0 saturated carbocycles. The third-order valence-corrected chi connectivity index (χ3v) is 3.01. The fourth-order valence-electron chi connectivity index (χ4n) is 1.93. The smallest absolute Gasteiger partial charge is 0.314 e. The second-order valence-corrected chi connectivity index (χ2v) is 4.79. The molecular weight excluding hydrogens is 272 g/mol. The molecule has 0 aliphatic rings. The first-order valence-corrected chi connectivity index (χ1v) is 6.86. The fraction of sp³-hybridized carbons (Fsp3) is 0.429. The Morgan fingerprint density at radius 3 is 3.05 bits per heavy atom. The van der Waals surface area contributed by atoms with Gasteiger partial charge in [-0.15, -0.1) is 0 Å². The van der Waals surface area contributed by atoms with Gasteiger partial charge in [-0.2, -0.15) is 5.10 Å². The van der Waals surface area contributed by atoms with Crippen molar-refractivity contribution in [2.75, 3.05) is 13.1 Å². The standard InChI is InChI=1S/C14H20N4O3/c1-18-10-11(8-17-18)4-2-6-15-14(20)16-9-12(19)13-5-3-7-21-13/h3,5,7-8,10,12,19H,2,4,6,9H2,1H3,(H2,15,16,20). The van der Waals surface area contributed by atoms with Crippen molar-refractivity contribution in [3.63, 3.8) is 0 Å². The third kappa shape index (κ3) is 4.96.